The number of sulfonamides is 1. The molecule has 242 valence electrons. The first-order valence-corrected chi connectivity index (χ1v) is 16.1. The number of aromatic nitrogens is 4. The zero-order chi connectivity index (χ0) is 33.0. The number of hydrogen-bond acceptors (Lipinski definition) is 9. The number of hydrogen-bond donors (Lipinski definition) is 1. The summed E-state index contributed by atoms with van der Waals surface area (Å²) in [6.07, 6.45) is 0.387. The van der Waals surface area contributed by atoms with Crippen LogP contribution in [0.2, 0.25) is 0 Å². The molecule has 1 N–H and O–H groups in total. The van der Waals surface area contributed by atoms with Crippen LogP contribution < -0.4 is 14.2 Å². The van der Waals surface area contributed by atoms with Crippen molar-refractivity contribution in [2.45, 2.75) is 58.0 Å². The van der Waals surface area contributed by atoms with Gasteiger partial charge in [-0.2, -0.15) is 4.98 Å². The Morgan fingerprint density at radius 2 is 1.74 bits per heavy atom. The second-order valence-electron chi connectivity index (χ2n) is 11.4. The van der Waals surface area contributed by atoms with E-state index in [0.29, 0.717) is 12.1 Å². The van der Waals surface area contributed by atoms with Crippen LogP contribution >= 0.6 is 0 Å². The zero-order valence-electron chi connectivity index (χ0n) is 25.8. The molecule has 1 aliphatic rings. The van der Waals surface area contributed by atoms with E-state index in [2.05, 4.69) is 24.7 Å². The Hall–Kier alpha value is -4.72. The summed E-state index contributed by atoms with van der Waals surface area (Å²) in [5.74, 6) is -0.110. The van der Waals surface area contributed by atoms with E-state index >= 15 is 0 Å². The molecule has 11 nitrogen and oxygen atoms in total. The highest BCUT2D eigenvalue weighted by Gasteiger charge is 2.30. The standard InChI is InChI=1S/C32H34F2N6O5S/c1-19(2)11-23-17-45-29-13-26(30-20(3)7-5-8-21(30)4)37-32(38-29)39-46(42,43)25-10-6-9-22(12-25)31(41)40(23)16-28-35-14-24(15-36-28)44-18-27(33)34/h5-10,12-15,19,23,27H,11,16-18H2,1-4H3,(H,37,38,39)/t23-/m1/s1. The van der Waals surface area contributed by atoms with Gasteiger partial charge in [0.2, 0.25) is 11.8 Å². The van der Waals surface area contributed by atoms with Crippen molar-refractivity contribution in [2.75, 3.05) is 17.9 Å². The van der Waals surface area contributed by atoms with Gasteiger partial charge in [-0.15, -0.1) is 0 Å². The number of fused-ring (bicyclic) bond motifs is 4. The topological polar surface area (TPSA) is 136 Å². The lowest BCUT2D eigenvalue weighted by Crippen LogP contribution is -2.44. The van der Waals surface area contributed by atoms with Gasteiger partial charge < -0.3 is 14.4 Å². The van der Waals surface area contributed by atoms with Crippen molar-refractivity contribution in [1.29, 1.82) is 0 Å². The summed E-state index contributed by atoms with van der Waals surface area (Å²) < 4.78 is 65.9. The fourth-order valence-corrected chi connectivity index (χ4v) is 6.21. The van der Waals surface area contributed by atoms with Gasteiger partial charge in [-0.05, 0) is 55.5 Å². The molecule has 0 saturated carbocycles. The molecule has 4 aromatic rings. The smallest absolute Gasteiger partial charge is 0.272 e. The second-order valence-corrected chi connectivity index (χ2v) is 13.1. The summed E-state index contributed by atoms with van der Waals surface area (Å²) in [6.45, 7) is 7.02. The van der Waals surface area contributed by atoms with Crippen molar-refractivity contribution in [3.8, 4) is 22.9 Å². The van der Waals surface area contributed by atoms with E-state index in [1.54, 1.807) is 6.07 Å². The summed E-state index contributed by atoms with van der Waals surface area (Å²) in [6, 6.07) is 12.6. The monoisotopic (exact) mass is 652 g/mol. The predicted molar refractivity (Wildman–Crippen MR) is 166 cm³/mol. The highest BCUT2D eigenvalue weighted by Crippen LogP contribution is 2.30. The summed E-state index contributed by atoms with van der Waals surface area (Å²) in [5, 5.41) is 0. The van der Waals surface area contributed by atoms with Crippen LogP contribution in [0, 0.1) is 19.8 Å². The molecule has 46 heavy (non-hydrogen) atoms. The molecule has 0 spiro atoms. The quantitative estimate of drug-likeness (QED) is 0.264. The number of anilines is 1. The normalized spacial score (nSPS) is 16.2. The van der Waals surface area contributed by atoms with Crippen LogP contribution in [0.1, 0.15) is 47.6 Å². The maximum Gasteiger partial charge on any atom is 0.272 e. The molecular formula is C32H34F2N6O5S. The molecule has 0 radical (unpaired) electrons. The van der Waals surface area contributed by atoms with Crippen LogP contribution in [0.15, 0.2) is 65.8 Å². The summed E-state index contributed by atoms with van der Waals surface area (Å²) >= 11 is 0. The van der Waals surface area contributed by atoms with Gasteiger partial charge in [0, 0.05) is 17.2 Å². The van der Waals surface area contributed by atoms with E-state index in [1.807, 2.05) is 45.9 Å². The third-order valence-corrected chi connectivity index (χ3v) is 8.62. The largest absolute Gasteiger partial charge is 0.484 e. The first kappa shape index (κ1) is 32.7. The number of carbonyl (C=O) groups excluding carboxylic acids is 1. The van der Waals surface area contributed by atoms with Crippen LogP contribution in [0.25, 0.3) is 11.3 Å². The van der Waals surface area contributed by atoms with Gasteiger partial charge >= 0.3 is 0 Å². The third kappa shape index (κ3) is 7.73. The summed E-state index contributed by atoms with van der Waals surface area (Å²) in [4.78, 5) is 32.9. The number of amides is 1. The highest BCUT2D eigenvalue weighted by atomic mass is 32.2. The van der Waals surface area contributed by atoms with Crippen molar-refractivity contribution in [3.63, 3.8) is 0 Å². The molecule has 0 unspecified atom stereocenters. The second kappa shape index (κ2) is 13.7. The van der Waals surface area contributed by atoms with Crippen molar-refractivity contribution >= 4 is 21.9 Å². The molecule has 0 saturated heterocycles. The number of halogens is 2. The lowest BCUT2D eigenvalue weighted by atomic mass is 10.00. The number of alkyl halides is 2. The molecule has 1 aliphatic heterocycles. The van der Waals surface area contributed by atoms with Crippen molar-refractivity contribution < 1.29 is 31.5 Å². The lowest BCUT2D eigenvalue weighted by Gasteiger charge is -2.32. The van der Waals surface area contributed by atoms with Crippen LogP contribution in [0.4, 0.5) is 14.7 Å². The van der Waals surface area contributed by atoms with E-state index in [0.717, 1.165) is 16.7 Å². The summed E-state index contributed by atoms with van der Waals surface area (Å²) in [5.41, 5.74) is 3.28. The van der Waals surface area contributed by atoms with Crippen LogP contribution in [0.5, 0.6) is 11.6 Å². The lowest BCUT2D eigenvalue weighted by molar-refractivity contribution is 0.0545. The number of nitrogens with one attached hydrogen (secondary N) is 1. The van der Waals surface area contributed by atoms with Crippen LogP contribution in [-0.2, 0) is 16.6 Å². The van der Waals surface area contributed by atoms with Gasteiger partial charge in [-0.1, -0.05) is 38.1 Å². The third-order valence-electron chi connectivity index (χ3n) is 7.29. The van der Waals surface area contributed by atoms with Gasteiger partial charge in [0.05, 0.1) is 35.6 Å². The average molecular weight is 653 g/mol. The number of nitrogens with zero attached hydrogens (tertiary/aromatic N) is 5. The highest BCUT2D eigenvalue weighted by molar-refractivity contribution is 7.92. The maximum atomic E-state index is 14.1. The molecule has 1 atom stereocenters. The molecule has 4 bridgehead atoms. The van der Waals surface area contributed by atoms with Crippen LogP contribution in [0.3, 0.4) is 0 Å². The molecule has 3 heterocycles. The number of carbonyl (C=O) groups is 1. The molecule has 1 amide bonds. The fourth-order valence-electron chi connectivity index (χ4n) is 5.22. The first-order valence-electron chi connectivity index (χ1n) is 14.6. The zero-order valence-corrected chi connectivity index (χ0v) is 26.6. The van der Waals surface area contributed by atoms with Gasteiger partial charge in [-0.3, -0.25) is 4.79 Å². The SMILES string of the molecule is Cc1cccc(C)c1-c1cc2nc(n1)NS(=O)(=O)c1cccc(c1)C(=O)N(Cc1ncc(OCC(F)F)cn1)[C@H](CC(C)C)CO2. The molecule has 2 aromatic heterocycles. The molecular weight excluding hydrogens is 618 g/mol. The average Bonchev–Trinajstić information content (AvgIpc) is 3.00. The number of ether oxygens (including phenoxy) is 2. The minimum absolute atomic E-state index is 0.00852. The Kier molecular flexibility index (Phi) is 9.75. The maximum absolute atomic E-state index is 14.1. The van der Waals surface area contributed by atoms with Crippen molar-refractivity contribution in [1.82, 2.24) is 24.8 Å². The molecule has 2 aromatic carbocycles. The van der Waals surface area contributed by atoms with E-state index in [1.165, 1.54) is 41.6 Å². The molecule has 5 rings (SSSR count). The van der Waals surface area contributed by atoms with Gasteiger partial charge in [0.25, 0.3) is 22.4 Å². The van der Waals surface area contributed by atoms with Gasteiger partial charge in [0.1, 0.15) is 19.0 Å². The van der Waals surface area contributed by atoms with Crippen LogP contribution in [-0.4, -0.2) is 64.8 Å². The van der Waals surface area contributed by atoms with Crippen molar-refractivity contribution in [3.05, 3.63) is 83.4 Å². The minimum Gasteiger partial charge on any atom is -0.484 e. The van der Waals surface area contributed by atoms with E-state index in [9.17, 15) is 22.0 Å². The Morgan fingerprint density at radius 1 is 1.04 bits per heavy atom. The Morgan fingerprint density at radius 3 is 2.41 bits per heavy atom. The van der Waals surface area contributed by atoms with Gasteiger partial charge in [-0.25, -0.2) is 36.9 Å². The Labute approximate surface area is 266 Å². The molecule has 0 aliphatic carbocycles. The number of aryl methyl sites for hydroxylation is 2. The summed E-state index contributed by atoms with van der Waals surface area (Å²) in [7, 11) is -4.22. The van der Waals surface area contributed by atoms with Gasteiger partial charge in [0.15, 0.2) is 5.75 Å². The number of rotatable bonds is 8. The minimum atomic E-state index is -4.22. The first-order chi connectivity index (χ1) is 21.9. The fraction of sp³-hybridized carbons (Fsp3) is 0.344. The predicted octanol–water partition coefficient (Wildman–Crippen LogP) is 5.44. The molecule has 14 heteroatoms. The Bertz CT molecular complexity index is 1800. The van der Waals surface area contributed by atoms with Crippen molar-refractivity contribution in [2.24, 2.45) is 5.92 Å². The van der Waals surface area contributed by atoms with E-state index < -0.39 is 35.0 Å². The number of benzene rings is 2. The Balaban J connectivity index is 1.59. The van der Waals surface area contributed by atoms with E-state index in [-0.39, 0.29) is 52.9 Å². The van der Waals surface area contributed by atoms with E-state index in [4.69, 9.17) is 9.47 Å². The molecule has 0 fully saturated rings.